The molecule has 0 N–H and O–H groups in total. The Labute approximate surface area is 93.2 Å². The number of fused-ring (bicyclic) bond motifs is 1. The molecule has 1 heterocycles. The summed E-state index contributed by atoms with van der Waals surface area (Å²) in [4.78, 5) is 22.5. The summed E-state index contributed by atoms with van der Waals surface area (Å²) in [6.45, 7) is 1.60. The normalized spacial score (nSPS) is 23.2. The molecule has 0 spiro atoms. The van der Waals surface area contributed by atoms with Gasteiger partial charge in [-0.05, 0) is 30.7 Å². The van der Waals surface area contributed by atoms with Gasteiger partial charge in [0.15, 0.2) is 11.9 Å². The smallest absolute Gasteiger partial charge is 0.339 e. The van der Waals surface area contributed by atoms with Gasteiger partial charge in [0.05, 0.1) is 12.7 Å². The van der Waals surface area contributed by atoms with Gasteiger partial charge < -0.3 is 9.47 Å². The number of aldehydes is 1. The lowest BCUT2D eigenvalue weighted by atomic mass is 9.91. The summed E-state index contributed by atoms with van der Waals surface area (Å²) < 4.78 is 10.2. The van der Waals surface area contributed by atoms with E-state index in [1.54, 1.807) is 32.2 Å². The molecule has 0 saturated carbocycles. The lowest BCUT2D eigenvalue weighted by Gasteiger charge is -2.29. The molecule has 4 heteroatoms. The third-order valence-electron chi connectivity index (χ3n) is 2.65. The van der Waals surface area contributed by atoms with E-state index in [-0.39, 0.29) is 0 Å². The molecule has 1 unspecified atom stereocenters. The molecule has 2 rings (SSSR count). The van der Waals surface area contributed by atoms with Gasteiger partial charge >= 0.3 is 5.97 Å². The molecule has 1 aliphatic heterocycles. The minimum atomic E-state index is -1.06. The predicted octanol–water partition coefficient (Wildman–Crippen LogP) is 1.37. The number of esters is 1. The lowest BCUT2D eigenvalue weighted by Crippen LogP contribution is -2.40. The summed E-state index contributed by atoms with van der Waals surface area (Å²) in [6, 6.07) is 5.11. The number of hydrogen-bond donors (Lipinski definition) is 0. The van der Waals surface area contributed by atoms with Crippen molar-refractivity contribution in [1.82, 2.24) is 0 Å². The molecule has 4 nitrogen and oxygen atoms in total. The lowest BCUT2D eigenvalue weighted by molar-refractivity contribution is -0.124. The highest BCUT2D eigenvalue weighted by Gasteiger charge is 2.36. The van der Waals surface area contributed by atoms with Crippen LogP contribution >= 0.6 is 0 Å². The van der Waals surface area contributed by atoms with Crippen LogP contribution in [0.2, 0.25) is 0 Å². The number of hydrogen-bond acceptors (Lipinski definition) is 4. The Morgan fingerprint density at radius 2 is 2.25 bits per heavy atom. The molecule has 0 fully saturated rings. The van der Waals surface area contributed by atoms with Crippen LogP contribution in [0.25, 0.3) is 0 Å². The van der Waals surface area contributed by atoms with E-state index in [0.29, 0.717) is 24.0 Å². The van der Waals surface area contributed by atoms with E-state index in [1.165, 1.54) is 0 Å². The fraction of sp³-hybridized carbons (Fsp3) is 0.333. The van der Waals surface area contributed by atoms with E-state index in [1.807, 2.05) is 0 Å². The Morgan fingerprint density at radius 1 is 1.50 bits per heavy atom. The Bertz CT molecular complexity index is 452. The maximum atomic E-state index is 11.6. The molecule has 1 aromatic rings. The molecule has 0 aromatic heterocycles. The summed E-state index contributed by atoms with van der Waals surface area (Å²) in [5, 5.41) is 0. The highest BCUT2D eigenvalue weighted by Crippen LogP contribution is 2.29. The molecule has 0 amide bonds. The number of carbonyl (C=O) groups is 2. The first kappa shape index (κ1) is 10.7. The van der Waals surface area contributed by atoms with Gasteiger partial charge in [-0.2, -0.15) is 0 Å². The van der Waals surface area contributed by atoms with Gasteiger partial charge in [0.25, 0.3) is 0 Å². The van der Waals surface area contributed by atoms with Gasteiger partial charge in [0.1, 0.15) is 5.75 Å². The highest BCUT2D eigenvalue weighted by atomic mass is 16.6. The van der Waals surface area contributed by atoms with Crippen LogP contribution in [0.4, 0.5) is 0 Å². The number of methoxy groups -OCH3 is 1. The largest absolute Gasteiger partial charge is 0.497 e. The standard InChI is InChI=1S/C12H12O4/c1-12(7-13)6-8-5-9(15-2)3-4-10(8)11(14)16-12/h3-5,7H,6H2,1-2H3. The molecule has 16 heavy (non-hydrogen) atoms. The molecule has 0 radical (unpaired) electrons. The fourth-order valence-corrected chi connectivity index (χ4v) is 1.79. The monoisotopic (exact) mass is 220 g/mol. The van der Waals surface area contributed by atoms with E-state index in [2.05, 4.69) is 0 Å². The zero-order chi connectivity index (χ0) is 11.8. The third kappa shape index (κ3) is 1.66. The topological polar surface area (TPSA) is 52.6 Å². The number of rotatable bonds is 2. The summed E-state index contributed by atoms with van der Waals surface area (Å²) in [5.74, 6) is 0.209. The number of ether oxygens (including phenoxy) is 2. The van der Waals surface area contributed by atoms with E-state index in [4.69, 9.17) is 9.47 Å². The second kappa shape index (κ2) is 3.63. The number of carbonyl (C=O) groups excluding carboxylic acids is 2. The molecular weight excluding hydrogens is 208 g/mol. The summed E-state index contributed by atoms with van der Waals surface area (Å²) in [7, 11) is 1.56. The van der Waals surface area contributed by atoms with Crippen LogP contribution in [0.1, 0.15) is 22.8 Å². The van der Waals surface area contributed by atoms with Gasteiger partial charge in [-0.15, -0.1) is 0 Å². The van der Waals surface area contributed by atoms with Crippen LogP contribution in [-0.2, 0) is 16.0 Å². The van der Waals surface area contributed by atoms with Crippen molar-refractivity contribution in [2.75, 3.05) is 7.11 Å². The number of benzene rings is 1. The van der Waals surface area contributed by atoms with E-state index in [9.17, 15) is 9.59 Å². The first-order valence-electron chi connectivity index (χ1n) is 4.94. The minimum Gasteiger partial charge on any atom is -0.497 e. The Balaban J connectivity index is 2.47. The Kier molecular flexibility index (Phi) is 2.42. The zero-order valence-electron chi connectivity index (χ0n) is 9.15. The number of cyclic esters (lactones) is 1. The maximum absolute atomic E-state index is 11.6. The van der Waals surface area contributed by atoms with Crippen molar-refractivity contribution in [2.24, 2.45) is 0 Å². The van der Waals surface area contributed by atoms with Crippen LogP contribution in [0, 0.1) is 0 Å². The van der Waals surface area contributed by atoms with Crippen molar-refractivity contribution in [3.05, 3.63) is 29.3 Å². The Morgan fingerprint density at radius 3 is 2.88 bits per heavy atom. The van der Waals surface area contributed by atoms with Gasteiger partial charge in [0.2, 0.25) is 0 Å². The van der Waals surface area contributed by atoms with Crippen molar-refractivity contribution < 1.29 is 19.1 Å². The first-order chi connectivity index (χ1) is 7.58. The average molecular weight is 220 g/mol. The van der Waals surface area contributed by atoms with Gasteiger partial charge in [-0.1, -0.05) is 0 Å². The molecule has 0 bridgehead atoms. The average Bonchev–Trinajstić information content (AvgIpc) is 2.28. The van der Waals surface area contributed by atoms with Crippen molar-refractivity contribution in [3.8, 4) is 5.75 Å². The van der Waals surface area contributed by atoms with Crippen LogP contribution in [0.5, 0.6) is 5.75 Å². The second-order valence-electron chi connectivity index (χ2n) is 4.02. The van der Waals surface area contributed by atoms with E-state index >= 15 is 0 Å². The van der Waals surface area contributed by atoms with Crippen LogP contribution in [0.3, 0.4) is 0 Å². The molecule has 1 atom stereocenters. The predicted molar refractivity (Wildman–Crippen MR) is 56.6 cm³/mol. The molecule has 1 aliphatic rings. The zero-order valence-corrected chi connectivity index (χ0v) is 9.15. The van der Waals surface area contributed by atoms with Gasteiger partial charge in [-0.3, -0.25) is 4.79 Å². The van der Waals surface area contributed by atoms with E-state index in [0.717, 1.165) is 5.56 Å². The molecular formula is C12H12O4. The summed E-state index contributed by atoms with van der Waals surface area (Å²) >= 11 is 0. The van der Waals surface area contributed by atoms with Crippen LogP contribution < -0.4 is 4.74 Å². The quantitative estimate of drug-likeness (QED) is 0.558. The molecule has 0 aliphatic carbocycles. The third-order valence-corrected chi connectivity index (χ3v) is 2.65. The van der Waals surface area contributed by atoms with E-state index < -0.39 is 11.6 Å². The summed E-state index contributed by atoms with van der Waals surface area (Å²) in [6.07, 6.45) is 1.04. The van der Waals surface area contributed by atoms with Crippen molar-refractivity contribution in [2.45, 2.75) is 18.9 Å². The van der Waals surface area contributed by atoms with Crippen LogP contribution in [0.15, 0.2) is 18.2 Å². The maximum Gasteiger partial charge on any atom is 0.339 e. The second-order valence-corrected chi connectivity index (χ2v) is 4.02. The van der Waals surface area contributed by atoms with Crippen molar-refractivity contribution in [1.29, 1.82) is 0 Å². The minimum absolute atomic E-state index is 0.384. The van der Waals surface area contributed by atoms with Crippen molar-refractivity contribution >= 4 is 12.3 Å². The SMILES string of the molecule is COc1ccc2c(c1)CC(C)(C=O)OC2=O. The molecule has 1 aromatic carbocycles. The molecule has 0 saturated heterocycles. The van der Waals surface area contributed by atoms with Gasteiger partial charge in [0, 0.05) is 6.42 Å². The first-order valence-corrected chi connectivity index (χ1v) is 4.94. The molecule has 84 valence electrons. The van der Waals surface area contributed by atoms with Crippen LogP contribution in [-0.4, -0.2) is 25.0 Å². The van der Waals surface area contributed by atoms with Crippen molar-refractivity contribution in [3.63, 3.8) is 0 Å². The highest BCUT2D eigenvalue weighted by molar-refractivity contribution is 5.94. The van der Waals surface area contributed by atoms with Gasteiger partial charge in [-0.25, -0.2) is 4.79 Å². The fourth-order valence-electron chi connectivity index (χ4n) is 1.79. The summed E-state index contributed by atoms with van der Waals surface area (Å²) in [5.41, 5.74) is 0.224. The Hall–Kier alpha value is -1.84.